The number of nitrogens with two attached hydrogens (primary N) is 1. The summed E-state index contributed by atoms with van der Waals surface area (Å²) < 4.78 is 5.09. The van der Waals surface area contributed by atoms with Crippen LogP contribution >= 0.6 is 11.3 Å². The number of allylic oxidation sites excluding steroid dienone is 1. The Labute approximate surface area is 149 Å². The van der Waals surface area contributed by atoms with E-state index in [0.717, 1.165) is 10.4 Å². The number of esters is 1. The van der Waals surface area contributed by atoms with E-state index in [-0.39, 0.29) is 17.9 Å². The second-order valence-electron chi connectivity index (χ2n) is 5.04. The third-order valence-electron chi connectivity index (χ3n) is 3.32. The number of nitrogens with zero attached hydrogens (tertiary/aromatic N) is 1. The molecule has 1 aromatic heterocycles. The van der Waals surface area contributed by atoms with Crippen LogP contribution in [0.4, 0.5) is 5.00 Å². The number of carbonyl (C=O) groups excluding carboxylic acids is 2. The molecule has 0 saturated carbocycles. The van der Waals surface area contributed by atoms with Crippen LogP contribution in [0.25, 0.3) is 10.4 Å². The number of benzene rings is 1. The van der Waals surface area contributed by atoms with Gasteiger partial charge in [0.05, 0.1) is 12.2 Å². The molecule has 0 unspecified atom stereocenters. The van der Waals surface area contributed by atoms with E-state index in [2.05, 4.69) is 5.32 Å². The highest BCUT2D eigenvalue weighted by Crippen LogP contribution is 2.36. The Bertz CT molecular complexity index is 863. The fourth-order valence-corrected chi connectivity index (χ4v) is 3.25. The molecule has 128 valence electrons. The highest BCUT2D eigenvalue weighted by molar-refractivity contribution is 7.19. The number of rotatable bonds is 6. The molecule has 1 heterocycles. The quantitative estimate of drug-likeness (QED) is 0.470. The van der Waals surface area contributed by atoms with E-state index in [0.29, 0.717) is 10.6 Å². The first kappa shape index (κ1) is 18.2. The van der Waals surface area contributed by atoms with Gasteiger partial charge < -0.3 is 15.8 Å². The van der Waals surface area contributed by atoms with Gasteiger partial charge in [-0.15, -0.1) is 11.3 Å². The van der Waals surface area contributed by atoms with Gasteiger partial charge in [0.15, 0.2) is 0 Å². The molecular formula is C18H17N3O3S. The zero-order valence-corrected chi connectivity index (χ0v) is 14.6. The summed E-state index contributed by atoms with van der Waals surface area (Å²) in [5.74, 6) is -1.31. The lowest BCUT2D eigenvalue weighted by atomic mass is 10.1. The van der Waals surface area contributed by atoms with E-state index in [1.165, 1.54) is 11.3 Å². The Kier molecular flexibility index (Phi) is 5.93. The van der Waals surface area contributed by atoms with Crippen molar-refractivity contribution >= 4 is 28.2 Å². The topological polar surface area (TPSA) is 105 Å². The van der Waals surface area contributed by atoms with Crippen LogP contribution in [0, 0.1) is 11.3 Å². The fourth-order valence-electron chi connectivity index (χ4n) is 2.15. The molecule has 0 bridgehead atoms. The van der Waals surface area contributed by atoms with Crippen molar-refractivity contribution in [3.63, 3.8) is 0 Å². The lowest BCUT2D eigenvalue weighted by molar-refractivity contribution is -0.114. The maximum absolute atomic E-state index is 12.2. The Morgan fingerprint density at radius 1 is 1.32 bits per heavy atom. The van der Waals surface area contributed by atoms with Gasteiger partial charge in [-0.25, -0.2) is 4.79 Å². The zero-order valence-electron chi connectivity index (χ0n) is 13.8. The van der Waals surface area contributed by atoms with Gasteiger partial charge in [0.25, 0.3) is 5.91 Å². The summed E-state index contributed by atoms with van der Waals surface area (Å²) in [5.41, 5.74) is 6.57. The van der Waals surface area contributed by atoms with E-state index in [4.69, 9.17) is 15.7 Å². The molecule has 0 aliphatic rings. The van der Waals surface area contributed by atoms with Gasteiger partial charge in [0.1, 0.15) is 16.6 Å². The molecule has 0 aliphatic carbocycles. The van der Waals surface area contributed by atoms with Crippen LogP contribution in [0.2, 0.25) is 0 Å². The normalized spacial score (nSPS) is 11.2. The molecule has 0 saturated heterocycles. The van der Waals surface area contributed by atoms with Crippen LogP contribution in [-0.4, -0.2) is 18.5 Å². The number of nitrogens with one attached hydrogen (secondary N) is 1. The van der Waals surface area contributed by atoms with E-state index < -0.39 is 11.9 Å². The number of hydrogen-bond acceptors (Lipinski definition) is 6. The summed E-state index contributed by atoms with van der Waals surface area (Å²) >= 11 is 1.33. The highest BCUT2D eigenvalue weighted by Gasteiger charge is 2.19. The van der Waals surface area contributed by atoms with Gasteiger partial charge in [-0.1, -0.05) is 30.3 Å². The fraction of sp³-hybridized carbons (Fsp3) is 0.167. The average Bonchev–Trinajstić information content (AvgIpc) is 3.00. The van der Waals surface area contributed by atoms with E-state index in [1.54, 1.807) is 26.0 Å². The van der Waals surface area contributed by atoms with Gasteiger partial charge in [-0.3, -0.25) is 4.79 Å². The Hall–Kier alpha value is -3.11. The number of nitriles is 1. The van der Waals surface area contributed by atoms with Crippen LogP contribution in [0.3, 0.4) is 0 Å². The molecule has 0 spiro atoms. The van der Waals surface area contributed by atoms with Gasteiger partial charge >= 0.3 is 5.97 Å². The summed E-state index contributed by atoms with van der Waals surface area (Å²) in [4.78, 5) is 24.4. The summed E-state index contributed by atoms with van der Waals surface area (Å²) in [7, 11) is 0. The predicted molar refractivity (Wildman–Crippen MR) is 96.8 cm³/mol. The van der Waals surface area contributed by atoms with Crippen LogP contribution in [0.1, 0.15) is 24.2 Å². The van der Waals surface area contributed by atoms with Crippen molar-refractivity contribution in [2.45, 2.75) is 13.8 Å². The zero-order chi connectivity index (χ0) is 18.4. The van der Waals surface area contributed by atoms with Crippen LogP contribution in [0.5, 0.6) is 0 Å². The molecule has 0 aliphatic heterocycles. The average molecular weight is 355 g/mol. The number of ether oxygens (including phenoxy) is 1. The number of hydrogen-bond donors (Lipinski definition) is 2. The second kappa shape index (κ2) is 8.13. The molecule has 1 aromatic carbocycles. The van der Waals surface area contributed by atoms with Gasteiger partial charge in [0, 0.05) is 10.6 Å². The second-order valence-corrected chi connectivity index (χ2v) is 6.09. The van der Waals surface area contributed by atoms with Crippen molar-refractivity contribution in [2.24, 2.45) is 5.73 Å². The van der Waals surface area contributed by atoms with Crippen molar-refractivity contribution in [2.75, 3.05) is 11.9 Å². The van der Waals surface area contributed by atoms with Crippen LogP contribution in [-0.2, 0) is 9.53 Å². The van der Waals surface area contributed by atoms with Crippen LogP contribution < -0.4 is 11.1 Å². The van der Waals surface area contributed by atoms with Crippen molar-refractivity contribution in [3.05, 3.63) is 53.2 Å². The minimum absolute atomic E-state index is 0.190. The molecule has 1 amide bonds. The first-order valence-corrected chi connectivity index (χ1v) is 8.33. The van der Waals surface area contributed by atoms with Crippen molar-refractivity contribution < 1.29 is 14.3 Å². The number of carbonyl (C=O) groups is 2. The molecule has 3 N–H and O–H groups in total. The van der Waals surface area contributed by atoms with Crippen molar-refractivity contribution in [1.82, 2.24) is 0 Å². The molecule has 6 nitrogen and oxygen atoms in total. The molecule has 7 heteroatoms. The van der Waals surface area contributed by atoms with E-state index in [9.17, 15) is 9.59 Å². The molecule has 0 atom stereocenters. The van der Waals surface area contributed by atoms with Crippen LogP contribution in [0.15, 0.2) is 47.7 Å². The van der Waals surface area contributed by atoms with Crippen molar-refractivity contribution in [3.8, 4) is 16.5 Å². The third-order valence-corrected chi connectivity index (χ3v) is 4.42. The summed E-state index contributed by atoms with van der Waals surface area (Å²) in [6.07, 6.45) is 0. The smallest absolute Gasteiger partial charge is 0.341 e. The Morgan fingerprint density at radius 3 is 2.56 bits per heavy atom. The predicted octanol–water partition coefficient (Wildman–Crippen LogP) is 3.29. The SMILES string of the molecule is CCOC(=O)c1cc(-c2ccccc2)sc1N/C(C)=C(/C#N)C(N)=O. The lowest BCUT2D eigenvalue weighted by Gasteiger charge is -2.08. The molecule has 0 fully saturated rings. The Morgan fingerprint density at radius 2 is 2.00 bits per heavy atom. The number of anilines is 1. The highest BCUT2D eigenvalue weighted by atomic mass is 32.1. The third kappa shape index (κ3) is 4.25. The van der Waals surface area contributed by atoms with Gasteiger partial charge in [0.2, 0.25) is 0 Å². The number of primary amides is 1. The molecule has 2 aromatic rings. The standard InChI is InChI=1S/C18H17N3O3S/c1-3-24-18(23)13-9-15(12-7-5-4-6-8-12)25-17(13)21-11(2)14(10-19)16(20)22/h4-9,21H,3H2,1-2H3,(H2,20,22)/b14-11-. The van der Waals surface area contributed by atoms with E-state index >= 15 is 0 Å². The number of amides is 1. The first-order valence-electron chi connectivity index (χ1n) is 7.52. The maximum atomic E-state index is 12.2. The lowest BCUT2D eigenvalue weighted by Crippen LogP contribution is -2.17. The molecule has 25 heavy (non-hydrogen) atoms. The Balaban J connectivity index is 2.48. The minimum Gasteiger partial charge on any atom is -0.462 e. The number of thiophene rings is 1. The first-order chi connectivity index (χ1) is 12.0. The maximum Gasteiger partial charge on any atom is 0.341 e. The summed E-state index contributed by atoms with van der Waals surface area (Å²) in [6.45, 7) is 3.52. The molecule has 0 radical (unpaired) electrons. The largest absolute Gasteiger partial charge is 0.462 e. The minimum atomic E-state index is -0.829. The van der Waals surface area contributed by atoms with Gasteiger partial charge in [-0.2, -0.15) is 5.26 Å². The monoisotopic (exact) mass is 355 g/mol. The molecule has 2 rings (SSSR count). The summed E-state index contributed by atoms with van der Waals surface area (Å²) in [5, 5.41) is 12.5. The summed E-state index contributed by atoms with van der Waals surface area (Å²) in [6, 6.07) is 13.1. The molecular weight excluding hydrogens is 338 g/mol. The van der Waals surface area contributed by atoms with E-state index in [1.807, 2.05) is 30.3 Å². The van der Waals surface area contributed by atoms with Gasteiger partial charge in [-0.05, 0) is 25.5 Å². The van der Waals surface area contributed by atoms with Crippen molar-refractivity contribution in [1.29, 1.82) is 5.26 Å².